The average molecular weight is 743 g/mol. The molecular weight excluding hydrogens is 721 g/mol. The van der Waals surface area contributed by atoms with Gasteiger partial charge in [-0.25, -0.2) is 0 Å². The Morgan fingerprint density at radius 2 is 0.780 bits per heavy atom. The van der Waals surface area contributed by atoms with Crippen LogP contribution in [-0.2, 0) is 30.4 Å². The van der Waals surface area contributed by atoms with E-state index in [0.717, 1.165) is 60.7 Å². The monoisotopic (exact) mass is 742 g/mol. The summed E-state index contributed by atoms with van der Waals surface area (Å²) in [4.78, 5) is -1.56. The lowest BCUT2D eigenvalue weighted by Gasteiger charge is -2.15. The fourth-order valence-corrected chi connectivity index (χ4v) is 7.59. The first-order valence-corrected chi connectivity index (χ1v) is 18.1. The summed E-state index contributed by atoms with van der Waals surface area (Å²) >= 11 is 0. The molecule has 0 heterocycles. The zero-order valence-electron chi connectivity index (χ0n) is 24.8. The van der Waals surface area contributed by atoms with Gasteiger partial charge in [-0.1, -0.05) is 6.07 Å². The molecule has 0 aromatic heterocycles. The van der Waals surface area contributed by atoms with Gasteiger partial charge >= 0.3 is 30.4 Å². The van der Waals surface area contributed by atoms with Crippen molar-refractivity contribution in [2.75, 3.05) is 0 Å². The van der Waals surface area contributed by atoms with E-state index in [2.05, 4.69) is 0 Å². The van der Waals surface area contributed by atoms with Crippen LogP contribution < -0.4 is 12.5 Å². The van der Waals surface area contributed by atoms with E-state index in [9.17, 15) is 55.9 Å². The third-order valence-corrected chi connectivity index (χ3v) is 10.9. The summed E-state index contributed by atoms with van der Waals surface area (Å²) < 4.78 is 94.7. The predicted molar refractivity (Wildman–Crippen MR) is 174 cm³/mol. The van der Waals surface area contributed by atoms with Crippen LogP contribution in [-0.4, -0.2) is 55.9 Å². The minimum absolute atomic E-state index is 0.00816. The van der Waals surface area contributed by atoms with Gasteiger partial charge in [0.15, 0.2) is 40.2 Å². The van der Waals surface area contributed by atoms with Crippen LogP contribution >= 0.6 is 0 Å². The smallest absolute Gasteiger partial charge is 0.339 e. The van der Waals surface area contributed by atoms with Crippen LogP contribution in [0.15, 0.2) is 112 Å². The van der Waals surface area contributed by atoms with Crippen molar-refractivity contribution in [2.24, 2.45) is 0 Å². The number of hydrogen-bond acceptors (Lipinski definition) is 15. The van der Waals surface area contributed by atoms with E-state index in [4.69, 9.17) is 12.5 Å². The zero-order chi connectivity index (χ0) is 36.2. The fourth-order valence-electron chi connectivity index (χ4n) is 4.71. The molecule has 6 N–H and O–H groups in total. The van der Waals surface area contributed by atoms with Gasteiger partial charge in [0.05, 0.1) is 0 Å². The van der Waals surface area contributed by atoms with Crippen LogP contribution in [0.2, 0.25) is 0 Å². The standard InChI is InChI=1S/C32H22O15S3/c33-26-8-4-21(14-29(26)36)48(39,40)45-19-3-7-24-18(12-19)11-17-1-2-20(46-49(41,42)22-5-9-27(34)30(37)15-22)13-25(17)32(24)47-50(43,44)23-6-10-28(35)31(38)16-23/h1-16,33-38H. The Hall–Kier alpha value is -6.11. The molecule has 18 heteroatoms. The van der Waals surface area contributed by atoms with E-state index in [1.54, 1.807) is 0 Å². The summed E-state index contributed by atoms with van der Waals surface area (Å²) in [6.07, 6.45) is 0. The maximum Gasteiger partial charge on any atom is 0.339 e. The number of benzene rings is 6. The molecule has 0 fully saturated rings. The summed E-state index contributed by atoms with van der Waals surface area (Å²) in [6.45, 7) is 0. The van der Waals surface area contributed by atoms with E-state index >= 15 is 0 Å². The van der Waals surface area contributed by atoms with Crippen LogP contribution in [0, 0.1) is 0 Å². The highest BCUT2D eigenvalue weighted by atomic mass is 32.2. The lowest BCUT2D eigenvalue weighted by molar-refractivity contribution is 0.401. The van der Waals surface area contributed by atoms with E-state index in [-0.39, 0.29) is 38.8 Å². The first kappa shape index (κ1) is 33.8. The molecule has 0 bridgehead atoms. The van der Waals surface area contributed by atoms with E-state index in [1.165, 1.54) is 36.4 Å². The summed E-state index contributed by atoms with van der Waals surface area (Å²) in [5.41, 5.74) is 0. The van der Waals surface area contributed by atoms with Crippen molar-refractivity contribution in [1.82, 2.24) is 0 Å². The first-order chi connectivity index (χ1) is 23.4. The summed E-state index contributed by atoms with van der Waals surface area (Å²) in [5.74, 6) is -4.87. The molecule has 258 valence electrons. The Morgan fingerprint density at radius 1 is 0.360 bits per heavy atom. The highest BCUT2D eigenvalue weighted by molar-refractivity contribution is 7.87. The van der Waals surface area contributed by atoms with Crippen LogP contribution in [0.4, 0.5) is 0 Å². The topological polar surface area (TPSA) is 251 Å². The maximum absolute atomic E-state index is 13.4. The van der Waals surface area contributed by atoms with E-state index in [1.807, 2.05) is 0 Å². The Bertz CT molecular complexity index is 2690. The Kier molecular flexibility index (Phi) is 8.17. The Labute approximate surface area is 283 Å². The molecule has 0 aliphatic carbocycles. The number of phenols is 6. The van der Waals surface area contributed by atoms with E-state index < -0.39 is 79.5 Å². The van der Waals surface area contributed by atoms with Crippen LogP contribution in [0.5, 0.6) is 51.7 Å². The molecule has 6 aromatic rings. The molecule has 0 aliphatic heterocycles. The SMILES string of the molecule is O=S(=O)(Oc1ccc2c(OS(=O)(=O)c3ccc(O)c(O)c3)c3cc(OS(=O)(=O)c4ccc(O)c(O)c4)ccc3cc2c1)c1ccc(O)c(O)c1. The summed E-state index contributed by atoms with van der Waals surface area (Å²) in [6, 6.07) is 16.9. The predicted octanol–water partition coefficient (Wildman–Crippen LogP) is 4.53. The molecule has 0 saturated heterocycles. The molecular formula is C32H22O15S3. The van der Waals surface area contributed by atoms with Crippen molar-refractivity contribution in [2.45, 2.75) is 14.7 Å². The molecule has 0 aliphatic rings. The number of hydrogen-bond donors (Lipinski definition) is 6. The first-order valence-electron chi connectivity index (χ1n) is 13.8. The second kappa shape index (κ2) is 12.1. The Balaban J connectivity index is 1.47. The van der Waals surface area contributed by atoms with Crippen LogP contribution in [0.25, 0.3) is 21.5 Å². The summed E-state index contributed by atoms with van der Waals surface area (Å²) in [5, 5.41) is 58.7. The molecule has 0 radical (unpaired) electrons. The maximum atomic E-state index is 13.4. The molecule has 15 nitrogen and oxygen atoms in total. The lowest BCUT2D eigenvalue weighted by Crippen LogP contribution is -2.11. The molecule has 0 saturated carbocycles. The molecule has 0 atom stereocenters. The largest absolute Gasteiger partial charge is 0.504 e. The van der Waals surface area contributed by atoms with Crippen LogP contribution in [0.3, 0.4) is 0 Å². The van der Waals surface area contributed by atoms with Crippen molar-refractivity contribution in [3.8, 4) is 51.7 Å². The lowest BCUT2D eigenvalue weighted by atomic mass is 10.0. The van der Waals surface area contributed by atoms with Crippen molar-refractivity contribution in [1.29, 1.82) is 0 Å². The minimum Gasteiger partial charge on any atom is -0.504 e. The van der Waals surface area contributed by atoms with Gasteiger partial charge in [0, 0.05) is 29.0 Å². The highest BCUT2D eigenvalue weighted by Crippen LogP contribution is 2.41. The molecule has 0 amide bonds. The average Bonchev–Trinajstić information content (AvgIpc) is 3.04. The van der Waals surface area contributed by atoms with Gasteiger partial charge in [-0.2, -0.15) is 25.3 Å². The third kappa shape index (κ3) is 6.49. The van der Waals surface area contributed by atoms with Crippen molar-refractivity contribution in [3.63, 3.8) is 0 Å². The molecule has 0 unspecified atom stereocenters. The van der Waals surface area contributed by atoms with Gasteiger partial charge in [-0.15, -0.1) is 0 Å². The number of rotatable bonds is 9. The van der Waals surface area contributed by atoms with Crippen molar-refractivity contribution < 1.29 is 68.4 Å². The molecule has 0 spiro atoms. The summed E-state index contributed by atoms with van der Waals surface area (Å²) in [7, 11) is -13.9. The zero-order valence-corrected chi connectivity index (χ0v) is 27.3. The minimum atomic E-state index is -4.77. The number of aromatic hydroxyl groups is 6. The van der Waals surface area contributed by atoms with Gasteiger partial charge < -0.3 is 43.2 Å². The number of fused-ring (bicyclic) bond motifs is 2. The quantitative estimate of drug-likeness (QED) is 0.0676. The second-order valence-corrected chi connectivity index (χ2v) is 15.2. The molecule has 6 rings (SSSR count). The van der Waals surface area contributed by atoms with Gasteiger partial charge in [0.2, 0.25) is 0 Å². The third-order valence-electron chi connectivity index (χ3n) is 7.16. The molecule has 50 heavy (non-hydrogen) atoms. The highest BCUT2D eigenvalue weighted by Gasteiger charge is 2.25. The van der Waals surface area contributed by atoms with Gasteiger partial charge in [-0.05, 0) is 83.6 Å². The fraction of sp³-hybridized carbons (Fsp3) is 0. The number of phenolic OH excluding ortho intramolecular Hbond substituents is 6. The van der Waals surface area contributed by atoms with E-state index in [0.29, 0.717) is 0 Å². The van der Waals surface area contributed by atoms with Crippen LogP contribution in [0.1, 0.15) is 0 Å². The van der Waals surface area contributed by atoms with Gasteiger partial charge in [0.25, 0.3) is 0 Å². The normalized spacial score (nSPS) is 12.2. The Morgan fingerprint density at radius 3 is 1.24 bits per heavy atom. The van der Waals surface area contributed by atoms with Gasteiger partial charge in [0.1, 0.15) is 26.2 Å². The van der Waals surface area contributed by atoms with Crippen molar-refractivity contribution >= 4 is 51.9 Å². The second-order valence-electron chi connectivity index (χ2n) is 10.5. The van der Waals surface area contributed by atoms with Gasteiger partial charge in [-0.3, -0.25) is 0 Å². The van der Waals surface area contributed by atoms with Crippen molar-refractivity contribution in [3.05, 3.63) is 97.1 Å². The molecule has 6 aromatic carbocycles.